The van der Waals surface area contributed by atoms with E-state index in [0.29, 0.717) is 12.8 Å². The molecule has 6 rings (SSSR count). The Balaban J connectivity index is 1.47. The van der Waals surface area contributed by atoms with Crippen molar-refractivity contribution >= 4 is 17.5 Å². The van der Waals surface area contributed by atoms with Crippen molar-refractivity contribution in [1.82, 2.24) is 0 Å². The van der Waals surface area contributed by atoms with Gasteiger partial charge in [-0.2, -0.15) is 0 Å². The Morgan fingerprint density at radius 2 is 2.13 bits per heavy atom. The molecule has 7 heteroatoms. The summed E-state index contributed by atoms with van der Waals surface area (Å²) in [6.45, 7) is -5.72. The van der Waals surface area contributed by atoms with E-state index < -0.39 is 128 Å². The number of ketones is 2. The van der Waals surface area contributed by atoms with Crippen LogP contribution in [0.4, 0.5) is 0 Å². The molecular formula is C32H44O7. The maximum Gasteiger partial charge on any atom is 0.308 e. The topological polar surface area (TPSA) is 99.1 Å². The van der Waals surface area contributed by atoms with E-state index in [0.717, 1.165) is 5.57 Å². The van der Waals surface area contributed by atoms with E-state index in [1.54, 1.807) is 6.08 Å². The lowest BCUT2D eigenvalue weighted by Crippen LogP contribution is -2.63. The van der Waals surface area contributed by atoms with E-state index in [4.69, 9.17) is 34.8 Å². The number of aliphatic hydroxyl groups excluding tert-OH is 1. The normalized spacial score (nSPS) is 62.9. The molecule has 0 aromatic carbocycles. The van der Waals surface area contributed by atoms with Gasteiger partial charge in [-0.3, -0.25) is 14.4 Å². The molecule has 5 aliphatic carbocycles. The number of fused-ring (bicyclic) bond motifs is 7. The predicted molar refractivity (Wildman–Crippen MR) is 143 cm³/mol. The van der Waals surface area contributed by atoms with Gasteiger partial charge < -0.3 is 19.3 Å². The minimum Gasteiger partial charge on any atom is -0.457 e. The molecule has 0 aromatic rings. The van der Waals surface area contributed by atoms with Gasteiger partial charge in [-0.15, -0.1) is 0 Å². The number of hydrogen-bond acceptors (Lipinski definition) is 7. The SMILES string of the molecule is [2H]C([2H])([2H])C([2H])(C(=O)OCC(=O)[C@@]12O[C@]([2H])(C3([2H])CC([2H])([2H])C([2H])([2H])C([2H])([2H])C3([2H])[2H])O[C@@H]1C[C@H]1[C@@H]3CCC4=CC(=O)C=C[C@]4(C)[C@H]3[C@@H](O)C[C@@]12C)C([2H])([2H])[2H]. The summed E-state index contributed by atoms with van der Waals surface area (Å²) in [6.07, 6.45) is -17.6. The minimum absolute atomic E-state index is 0.199. The van der Waals surface area contributed by atoms with Gasteiger partial charge in [0.25, 0.3) is 0 Å². The maximum absolute atomic E-state index is 14.8. The minimum atomic E-state index is -3.88. The number of ether oxygens (including phenoxy) is 3. The first-order chi connectivity index (χ1) is 25.0. The van der Waals surface area contributed by atoms with E-state index in [1.807, 2.05) is 6.92 Å². The van der Waals surface area contributed by atoms with Crippen LogP contribution in [0, 0.1) is 40.4 Å². The summed E-state index contributed by atoms with van der Waals surface area (Å²) in [7, 11) is 0. The van der Waals surface area contributed by atoms with Crippen LogP contribution < -0.4 is 0 Å². The summed E-state index contributed by atoms with van der Waals surface area (Å²) in [6, 6.07) is 0. The molecule has 0 spiro atoms. The lowest BCUT2D eigenvalue weighted by Gasteiger charge is -2.59. The Morgan fingerprint density at radius 1 is 1.31 bits per heavy atom. The van der Waals surface area contributed by atoms with Crippen LogP contribution in [0.15, 0.2) is 23.8 Å². The maximum atomic E-state index is 14.8. The Bertz CT molecular complexity index is 1780. The summed E-state index contributed by atoms with van der Waals surface area (Å²) in [5.41, 5.74) is -4.33. The number of carbonyl (C=O) groups is 3. The zero-order chi connectivity index (χ0) is 42.7. The van der Waals surface area contributed by atoms with Gasteiger partial charge in [0.1, 0.15) is 0 Å². The van der Waals surface area contributed by atoms with Crippen molar-refractivity contribution in [1.29, 1.82) is 0 Å². The predicted octanol–water partition coefficient (Wildman–Crippen LogP) is 4.70. The lowest BCUT2D eigenvalue weighted by molar-refractivity contribution is -0.210. The summed E-state index contributed by atoms with van der Waals surface area (Å²) < 4.78 is 158. The van der Waals surface area contributed by atoms with Crippen molar-refractivity contribution in [3.63, 3.8) is 0 Å². The number of esters is 1. The van der Waals surface area contributed by atoms with Crippen LogP contribution in [0.2, 0.25) is 0 Å². The molecule has 6 aliphatic rings. The van der Waals surface area contributed by atoms with Gasteiger partial charge in [-0.25, -0.2) is 0 Å². The fourth-order valence-corrected chi connectivity index (χ4v) is 8.36. The Morgan fingerprint density at radius 3 is 2.92 bits per heavy atom. The molecule has 214 valence electrons. The molecule has 10 atom stereocenters. The number of aliphatic hydroxyl groups is 1. The standard InChI is InChI=1S/C32H44O7/c1-18(2)28(36)37-17-25(35)32-26(38-29(39-32)19-8-6-5-7-9-19)15-23-22-11-10-20-14-21(33)12-13-30(20,3)27(22)24(34)16-31(23,32)4/h12-14,18-19,22-24,26-27,29,34H,5-11,15-17H2,1-4H3/t22-,23-,24-,26+,27+,29+,30-,31-,32+/m0/s1/i1D3,2D3,5D2,6D2,7D2,8D2,18D,19D,29D/t19?,22-,23-,24-,26+,27+,29+,30-,31-,32+. The first kappa shape index (κ1) is 13.9. The lowest BCUT2D eigenvalue weighted by atomic mass is 9.46. The van der Waals surface area contributed by atoms with Crippen LogP contribution in [0.1, 0.15) is 108 Å². The average molecular weight is 558 g/mol. The van der Waals surface area contributed by atoms with Crippen LogP contribution in [0.3, 0.4) is 0 Å². The van der Waals surface area contributed by atoms with Crippen LogP contribution in [0.25, 0.3) is 0 Å². The molecule has 1 saturated heterocycles. The molecule has 1 N–H and O–H groups in total. The first-order valence-electron chi connectivity index (χ1n) is 21.7. The molecule has 7 nitrogen and oxygen atoms in total. The molecular weight excluding hydrogens is 496 g/mol. The first-order valence-corrected chi connectivity index (χ1v) is 13.2. The van der Waals surface area contributed by atoms with Gasteiger partial charge in [0, 0.05) is 44.6 Å². The molecule has 1 heterocycles. The number of allylic oxidation sites excluding steroid dienone is 4. The highest BCUT2D eigenvalue weighted by Crippen LogP contribution is 2.70. The zero-order valence-electron chi connectivity index (χ0n) is 38.8. The number of rotatable bonds is 5. The van der Waals surface area contributed by atoms with E-state index in [2.05, 4.69) is 0 Å². The molecule has 1 unspecified atom stereocenters. The summed E-state index contributed by atoms with van der Waals surface area (Å²) in [5, 5.41) is 12.0. The zero-order valence-corrected chi connectivity index (χ0v) is 21.8. The van der Waals surface area contributed by atoms with Gasteiger partial charge in [0.15, 0.2) is 24.3 Å². The van der Waals surface area contributed by atoms with Crippen molar-refractivity contribution in [3.05, 3.63) is 23.8 Å². The van der Waals surface area contributed by atoms with Crippen molar-refractivity contribution in [3.8, 4) is 0 Å². The molecule has 1 aliphatic heterocycles. The van der Waals surface area contributed by atoms with Crippen LogP contribution in [-0.4, -0.2) is 53.3 Å². The number of Topliss-reactive ketones (excluding diaryl/α,β-unsaturated/α-hetero) is 1. The second-order valence-electron chi connectivity index (χ2n) is 11.8. The third-order valence-electron chi connectivity index (χ3n) is 9.99. The smallest absolute Gasteiger partial charge is 0.308 e. The fourth-order valence-electron chi connectivity index (χ4n) is 8.36. The molecule has 4 saturated carbocycles. The van der Waals surface area contributed by atoms with Crippen molar-refractivity contribution in [2.24, 2.45) is 40.4 Å². The van der Waals surface area contributed by atoms with Crippen LogP contribution in [0.5, 0.6) is 0 Å². The van der Waals surface area contributed by atoms with E-state index >= 15 is 0 Å². The Hall–Kier alpha value is -1.83. The summed E-state index contributed by atoms with van der Waals surface area (Å²) >= 11 is 0. The highest BCUT2D eigenvalue weighted by atomic mass is 16.7. The van der Waals surface area contributed by atoms with Gasteiger partial charge in [-0.05, 0) is 62.5 Å². The average Bonchev–Trinajstić information content (AvgIpc) is 3.49. The molecule has 5 fully saturated rings. The molecule has 0 amide bonds. The van der Waals surface area contributed by atoms with Gasteiger partial charge in [-0.1, -0.05) is 58.3 Å². The molecule has 39 heavy (non-hydrogen) atoms. The number of carbonyl (C=O) groups excluding carboxylic acids is 3. The number of hydrogen-bond donors (Lipinski definition) is 1. The van der Waals surface area contributed by atoms with Crippen molar-refractivity contribution < 1.29 is 57.0 Å². The Kier molecular flexibility index (Phi) is 3.43. The van der Waals surface area contributed by atoms with Gasteiger partial charge in [0.05, 0.1) is 19.5 Å². The van der Waals surface area contributed by atoms with Crippen LogP contribution in [-0.2, 0) is 28.6 Å². The van der Waals surface area contributed by atoms with Gasteiger partial charge >= 0.3 is 5.97 Å². The van der Waals surface area contributed by atoms with E-state index in [9.17, 15) is 22.2 Å². The summed E-state index contributed by atoms with van der Waals surface area (Å²) in [5.74, 6) is -12.7. The second-order valence-corrected chi connectivity index (χ2v) is 11.8. The van der Waals surface area contributed by atoms with Crippen molar-refractivity contribution in [2.75, 3.05) is 6.61 Å². The third-order valence-corrected chi connectivity index (χ3v) is 9.99. The quantitative estimate of drug-likeness (QED) is 0.489. The van der Waals surface area contributed by atoms with E-state index in [-0.39, 0.29) is 18.6 Å². The molecule has 0 radical (unpaired) electrons. The second kappa shape index (κ2) is 9.63. The van der Waals surface area contributed by atoms with Crippen LogP contribution >= 0.6 is 0 Å². The highest BCUT2D eigenvalue weighted by Gasteiger charge is 2.76. The summed E-state index contributed by atoms with van der Waals surface area (Å²) in [4.78, 5) is 40.3. The van der Waals surface area contributed by atoms with E-state index in [1.165, 1.54) is 19.1 Å². The van der Waals surface area contributed by atoms with Crippen molar-refractivity contribution in [2.45, 2.75) is 109 Å². The molecule has 0 bridgehead atoms. The highest BCUT2D eigenvalue weighted by molar-refractivity contribution is 6.01. The third kappa shape index (κ3) is 3.97. The molecule has 0 aromatic heterocycles. The fraction of sp³-hybridized carbons (Fsp3) is 0.781. The largest absolute Gasteiger partial charge is 0.457 e. The van der Waals surface area contributed by atoms with Gasteiger partial charge in [0.2, 0.25) is 5.78 Å². The monoisotopic (exact) mass is 557 g/mol. The Labute approximate surface area is 255 Å².